The van der Waals surface area contributed by atoms with E-state index in [-0.39, 0.29) is 29.4 Å². The number of para-hydroxylation sites is 2. The Kier molecular flexibility index (Phi) is 9.43. The van der Waals surface area contributed by atoms with Gasteiger partial charge in [-0.05, 0) is 54.1 Å². The van der Waals surface area contributed by atoms with Crippen molar-refractivity contribution in [3.8, 4) is 23.0 Å². The van der Waals surface area contributed by atoms with E-state index >= 15 is 0 Å². The minimum absolute atomic E-state index is 0.107. The third-order valence-corrected chi connectivity index (χ3v) is 9.03. The molecular weight excluding hydrogens is 598 g/mol. The van der Waals surface area contributed by atoms with Crippen molar-refractivity contribution in [1.29, 1.82) is 0 Å². The van der Waals surface area contributed by atoms with Gasteiger partial charge in [-0.25, -0.2) is 8.42 Å². The van der Waals surface area contributed by atoms with Gasteiger partial charge < -0.3 is 29.2 Å². The van der Waals surface area contributed by atoms with Gasteiger partial charge in [0.15, 0.2) is 17.6 Å². The molecule has 0 saturated carbocycles. The summed E-state index contributed by atoms with van der Waals surface area (Å²) < 4.78 is 51.1. The monoisotopic (exact) mass is 631 g/mol. The third-order valence-electron chi connectivity index (χ3n) is 7.26. The maximum absolute atomic E-state index is 14.2. The molecule has 45 heavy (non-hydrogen) atoms. The highest BCUT2D eigenvalue weighted by Crippen LogP contribution is 2.35. The molecule has 0 radical (unpaired) electrons. The maximum Gasteiger partial charge on any atom is 0.264 e. The zero-order chi connectivity index (χ0) is 32.0. The largest absolute Gasteiger partial charge is 0.497 e. The first-order valence-electron chi connectivity index (χ1n) is 14.0. The van der Waals surface area contributed by atoms with Crippen LogP contribution in [0.15, 0.2) is 102 Å². The van der Waals surface area contributed by atoms with Crippen LogP contribution in [0.4, 0.5) is 11.4 Å². The molecule has 12 heteroatoms. The normalized spacial score (nSPS) is 14.0. The molecule has 2 amide bonds. The van der Waals surface area contributed by atoms with Gasteiger partial charge in [0.1, 0.15) is 18.0 Å². The number of ether oxygens (including phenoxy) is 4. The first-order chi connectivity index (χ1) is 21.7. The summed E-state index contributed by atoms with van der Waals surface area (Å²) in [6.45, 7) is -0.414. The van der Waals surface area contributed by atoms with Gasteiger partial charge >= 0.3 is 0 Å². The fourth-order valence-electron chi connectivity index (χ4n) is 4.88. The topological polar surface area (TPSA) is 124 Å². The van der Waals surface area contributed by atoms with Crippen molar-refractivity contribution in [3.63, 3.8) is 0 Å². The molecule has 4 aromatic carbocycles. The Labute approximate surface area is 261 Å². The number of methoxy groups -OCH3 is 3. The molecule has 0 fully saturated rings. The number of carbonyl (C=O) groups is 2. The van der Waals surface area contributed by atoms with Crippen molar-refractivity contribution in [2.24, 2.45) is 0 Å². The number of nitrogens with zero attached hydrogens (tertiary/aromatic N) is 2. The molecule has 11 nitrogen and oxygen atoms in total. The maximum atomic E-state index is 14.2. The van der Waals surface area contributed by atoms with Crippen LogP contribution in [-0.2, 0) is 26.2 Å². The van der Waals surface area contributed by atoms with E-state index in [1.807, 2.05) is 30.3 Å². The second-order valence-corrected chi connectivity index (χ2v) is 11.9. The number of amides is 2. The minimum Gasteiger partial charge on any atom is -0.497 e. The Bertz CT molecular complexity index is 1760. The van der Waals surface area contributed by atoms with Crippen molar-refractivity contribution < 1.29 is 37.0 Å². The zero-order valence-electron chi connectivity index (χ0n) is 25.0. The molecule has 1 N–H and O–H groups in total. The van der Waals surface area contributed by atoms with Gasteiger partial charge in [-0.3, -0.25) is 13.9 Å². The second kappa shape index (κ2) is 13.6. The van der Waals surface area contributed by atoms with Crippen LogP contribution in [0, 0.1) is 0 Å². The van der Waals surface area contributed by atoms with Crippen LogP contribution in [-0.4, -0.2) is 60.8 Å². The molecule has 0 bridgehead atoms. The van der Waals surface area contributed by atoms with Crippen molar-refractivity contribution in [2.75, 3.05) is 43.6 Å². The Balaban J connectivity index is 1.46. The highest BCUT2D eigenvalue weighted by Gasteiger charge is 2.36. The molecular formula is C33H33N3O8S. The summed E-state index contributed by atoms with van der Waals surface area (Å²) in [6.07, 6.45) is -1.02. The first-order valence-corrected chi connectivity index (χ1v) is 15.5. The van der Waals surface area contributed by atoms with Crippen LogP contribution in [0.2, 0.25) is 0 Å². The molecule has 0 spiro atoms. The molecule has 0 saturated heterocycles. The predicted octanol–water partition coefficient (Wildman–Crippen LogP) is 4.02. The second-order valence-electron chi connectivity index (χ2n) is 10.0. The average Bonchev–Trinajstić information content (AvgIpc) is 3.08. The number of carbonyl (C=O) groups excluding carboxylic acids is 2. The highest BCUT2D eigenvalue weighted by atomic mass is 32.2. The molecule has 4 aromatic rings. The smallest absolute Gasteiger partial charge is 0.264 e. The summed E-state index contributed by atoms with van der Waals surface area (Å²) in [5.41, 5.74) is 1.57. The van der Waals surface area contributed by atoms with Crippen molar-refractivity contribution in [3.05, 3.63) is 103 Å². The van der Waals surface area contributed by atoms with Crippen LogP contribution >= 0.6 is 0 Å². The lowest BCUT2D eigenvalue weighted by Crippen LogP contribution is -2.53. The summed E-state index contributed by atoms with van der Waals surface area (Å²) in [4.78, 5) is 28.6. The predicted molar refractivity (Wildman–Crippen MR) is 169 cm³/mol. The number of anilines is 2. The Morgan fingerprint density at radius 2 is 1.56 bits per heavy atom. The van der Waals surface area contributed by atoms with E-state index in [9.17, 15) is 18.0 Å². The van der Waals surface area contributed by atoms with Gasteiger partial charge in [-0.1, -0.05) is 42.5 Å². The van der Waals surface area contributed by atoms with Crippen LogP contribution in [0.1, 0.15) is 5.56 Å². The summed E-state index contributed by atoms with van der Waals surface area (Å²) in [5.74, 6) is 0.439. The number of sulfonamides is 1. The fourth-order valence-corrected chi connectivity index (χ4v) is 6.31. The van der Waals surface area contributed by atoms with Gasteiger partial charge in [0.05, 0.1) is 44.1 Å². The van der Waals surface area contributed by atoms with Crippen molar-refractivity contribution in [1.82, 2.24) is 5.32 Å². The summed E-state index contributed by atoms with van der Waals surface area (Å²) in [7, 11) is 0.0386. The minimum atomic E-state index is -4.31. The number of benzene rings is 4. The molecule has 234 valence electrons. The van der Waals surface area contributed by atoms with Gasteiger partial charge in [-0.2, -0.15) is 0 Å². The van der Waals surface area contributed by atoms with Crippen LogP contribution in [0.25, 0.3) is 0 Å². The molecule has 1 heterocycles. The van der Waals surface area contributed by atoms with Crippen LogP contribution < -0.4 is 33.5 Å². The van der Waals surface area contributed by atoms with Crippen molar-refractivity contribution in [2.45, 2.75) is 17.5 Å². The Morgan fingerprint density at radius 1 is 0.867 bits per heavy atom. The number of fused-ring (bicyclic) bond motifs is 1. The summed E-state index contributed by atoms with van der Waals surface area (Å²) in [6, 6.07) is 26.8. The lowest BCUT2D eigenvalue weighted by atomic mass is 10.1. The molecule has 1 aliphatic heterocycles. The number of nitrogens with one attached hydrogen (secondary N) is 1. The molecule has 1 unspecified atom stereocenters. The van der Waals surface area contributed by atoms with Gasteiger partial charge in [0.25, 0.3) is 15.9 Å². The molecule has 0 aromatic heterocycles. The van der Waals surface area contributed by atoms with Crippen LogP contribution in [0.5, 0.6) is 23.0 Å². The van der Waals surface area contributed by atoms with Gasteiger partial charge in [0.2, 0.25) is 5.91 Å². The standard InChI is InChI=1S/C33H33N3O8S/c1-41-25-15-13-24(14-16-25)36(45(39,40)26-17-18-29(42-2)30(19-26)43-3)22-32(37)35-21-31(44-28-12-8-7-11-27(28)35)33(38)34-20-23-9-5-4-6-10-23/h4-19,31H,20-22H2,1-3H3,(H,34,38). The Hall–Kier alpha value is -5.23. The van der Waals surface area contributed by atoms with E-state index in [1.54, 1.807) is 48.5 Å². The van der Waals surface area contributed by atoms with Crippen LogP contribution in [0.3, 0.4) is 0 Å². The SMILES string of the molecule is COc1ccc(N(CC(=O)N2CC(C(=O)NCc3ccccc3)Oc3ccccc32)S(=O)(=O)c2ccc(OC)c(OC)c2)cc1. The van der Waals surface area contributed by atoms with Crippen molar-refractivity contribution >= 4 is 33.2 Å². The average molecular weight is 632 g/mol. The highest BCUT2D eigenvalue weighted by molar-refractivity contribution is 7.92. The summed E-state index contributed by atoms with van der Waals surface area (Å²) >= 11 is 0. The lowest BCUT2D eigenvalue weighted by Gasteiger charge is -2.35. The third kappa shape index (κ3) is 6.80. The fraction of sp³-hybridized carbons (Fsp3) is 0.212. The summed E-state index contributed by atoms with van der Waals surface area (Å²) in [5, 5.41) is 2.86. The van der Waals surface area contributed by atoms with E-state index in [1.165, 1.54) is 44.4 Å². The molecule has 0 aliphatic carbocycles. The van der Waals surface area contributed by atoms with E-state index < -0.39 is 34.5 Å². The molecule has 1 aliphatic rings. The lowest BCUT2D eigenvalue weighted by molar-refractivity contribution is -0.128. The molecule has 5 rings (SSSR count). The van der Waals surface area contributed by atoms with Gasteiger partial charge in [-0.15, -0.1) is 0 Å². The molecule has 1 atom stereocenters. The van der Waals surface area contributed by atoms with E-state index in [0.717, 1.165) is 9.87 Å². The first kappa shape index (κ1) is 31.2. The van der Waals surface area contributed by atoms with E-state index in [0.29, 0.717) is 22.9 Å². The zero-order valence-corrected chi connectivity index (χ0v) is 25.8. The number of rotatable bonds is 11. The number of hydrogen-bond acceptors (Lipinski definition) is 8. The van der Waals surface area contributed by atoms with Gasteiger partial charge in [0, 0.05) is 12.6 Å². The Morgan fingerprint density at radius 3 is 2.24 bits per heavy atom. The quantitative estimate of drug-likeness (QED) is 0.263. The van der Waals surface area contributed by atoms with E-state index in [4.69, 9.17) is 18.9 Å². The number of hydrogen-bond donors (Lipinski definition) is 1. The van der Waals surface area contributed by atoms with E-state index in [2.05, 4.69) is 5.32 Å².